The zero-order valence-electron chi connectivity index (χ0n) is 18.5. The van der Waals surface area contributed by atoms with Gasteiger partial charge in [-0.3, -0.25) is 9.59 Å². The lowest BCUT2D eigenvalue weighted by atomic mass is 9.88. The molecule has 2 aliphatic carbocycles. The Bertz CT molecular complexity index is 668. The fourth-order valence-electron chi connectivity index (χ4n) is 4.39. The van der Waals surface area contributed by atoms with Gasteiger partial charge in [0, 0.05) is 0 Å². The van der Waals surface area contributed by atoms with E-state index < -0.39 is 33.8 Å². The molecule has 0 radical (unpaired) electrons. The summed E-state index contributed by atoms with van der Waals surface area (Å²) in [7, 11) is 0. The summed E-state index contributed by atoms with van der Waals surface area (Å²) in [6.07, 6.45) is 5.17. The molecule has 2 amide bonds. The minimum Gasteiger partial charge on any atom is -0.463 e. The number of rotatable bonds is 0. The quantitative estimate of drug-likeness (QED) is 0.578. The molecule has 0 unspecified atom stereocenters. The van der Waals surface area contributed by atoms with Crippen LogP contribution in [0.2, 0.25) is 0 Å². The predicted molar refractivity (Wildman–Crippen MR) is 108 cm³/mol. The van der Waals surface area contributed by atoms with Gasteiger partial charge in [-0.25, -0.2) is 9.59 Å². The number of carbonyl (C=O) groups is 4. The van der Waals surface area contributed by atoms with Crippen molar-refractivity contribution in [3.8, 4) is 0 Å². The smallest absolute Gasteiger partial charge is 0.331 e. The van der Waals surface area contributed by atoms with Crippen molar-refractivity contribution in [2.45, 2.75) is 90.1 Å². The molecule has 8 heteroatoms. The first-order valence-corrected chi connectivity index (χ1v) is 10.9. The molecule has 1 heterocycles. The summed E-state index contributed by atoms with van der Waals surface area (Å²) in [6.45, 7) is 6.45. The highest BCUT2D eigenvalue weighted by Gasteiger charge is 2.50. The Kier molecular flexibility index (Phi) is 5.91. The van der Waals surface area contributed by atoms with Gasteiger partial charge in [0.15, 0.2) is 0 Å². The number of hydrogen-bond acceptors (Lipinski definition) is 6. The van der Waals surface area contributed by atoms with Crippen molar-refractivity contribution >= 4 is 23.8 Å². The molecule has 3 fully saturated rings. The van der Waals surface area contributed by atoms with Crippen molar-refractivity contribution in [3.05, 3.63) is 0 Å². The van der Waals surface area contributed by atoms with E-state index in [0.717, 1.165) is 25.7 Å². The van der Waals surface area contributed by atoms with E-state index in [2.05, 4.69) is 10.6 Å². The summed E-state index contributed by atoms with van der Waals surface area (Å²) < 4.78 is 11.1. The van der Waals surface area contributed by atoms with E-state index in [4.69, 9.17) is 9.47 Å². The average Bonchev–Trinajstić information content (AvgIpc) is 3.34. The van der Waals surface area contributed by atoms with Crippen LogP contribution in [-0.4, -0.2) is 48.0 Å². The fraction of sp³-hybridized carbons (Fsp3) is 0.818. The molecule has 3 aliphatic rings. The summed E-state index contributed by atoms with van der Waals surface area (Å²) in [6, 6.07) is 0. The first-order valence-electron chi connectivity index (χ1n) is 10.9. The van der Waals surface area contributed by atoms with Crippen LogP contribution in [0.15, 0.2) is 0 Å². The van der Waals surface area contributed by atoms with Crippen LogP contribution in [0.1, 0.15) is 79.1 Å². The molecule has 168 valence electrons. The van der Waals surface area contributed by atoms with Gasteiger partial charge in [0.05, 0.1) is 10.8 Å². The van der Waals surface area contributed by atoms with Gasteiger partial charge in [0.2, 0.25) is 11.8 Å². The number of amides is 2. The SMILES string of the molecule is CC1(C)COC(=O)C2(CCCC2)NC(=O)C(C)(C)COC(=O)C2(CCCC2)NC1=O. The zero-order valence-corrected chi connectivity index (χ0v) is 18.5. The standard InChI is InChI=1S/C22H34N2O6/c1-19(2)13-29-17(27)22(11-7-8-12-22)24-16(26)20(3,4)14-30-18(28)21(23-15(19)25)9-5-6-10-21/h5-14H2,1-4H3,(H,23,25)(H,24,26). The average molecular weight is 423 g/mol. The van der Waals surface area contributed by atoms with Crippen molar-refractivity contribution in [1.29, 1.82) is 0 Å². The van der Waals surface area contributed by atoms with Gasteiger partial charge in [-0.15, -0.1) is 0 Å². The number of carbonyl (C=O) groups excluding carboxylic acids is 4. The summed E-state index contributed by atoms with van der Waals surface area (Å²) in [5.41, 5.74) is -4.25. The molecule has 8 nitrogen and oxygen atoms in total. The van der Waals surface area contributed by atoms with Crippen molar-refractivity contribution in [1.82, 2.24) is 10.6 Å². The van der Waals surface area contributed by atoms with Gasteiger partial charge in [-0.2, -0.15) is 0 Å². The van der Waals surface area contributed by atoms with Crippen LogP contribution in [0.3, 0.4) is 0 Å². The third kappa shape index (κ3) is 4.18. The molecule has 0 aromatic carbocycles. The first kappa shape index (κ1) is 22.6. The molecule has 0 aromatic heterocycles. The van der Waals surface area contributed by atoms with Crippen LogP contribution in [0.25, 0.3) is 0 Å². The monoisotopic (exact) mass is 422 g/mol. The van der Waals surface area contributed by atoms with Crippen LogP contribution in [0.4, 0.5) is 0 Å². The molecule has 2 N–H and O–H groups in total. The Morgan fingerprint density at radius 2 is 0.900 bits per heavy atom. The minimum atomic E-state index is -1.10. The highest BCUT2D eigenvalue weighted by atomic mass is 16.5. The van der Waals surface area contributed by atoms with Crippen LogP contribution in [0.5, 0.6) is 0 Å². The maximum atomic E-state index is 13.0. The molecule has 0 bridgehead atoms. The molecule has 3 rings (SSSR count). The van der Waals surface area contributed by atoms with E-state index in [1.54, 1.807) is 27.7 Å². The second kappa shape index (κ2) is 7.85. The van der Waals surface area contributed by atoms with Gasteiger partial charge >= 0.3 is 11.9 Å². The third-order valence-electron chi connectivity index (χ3n) is 6.76. The van der Waals surface area contributed by atoms with Crippen molar-refractivity contribution in [2.75, 3.05) is 13.2 Å². The highest BCUT2D eigenvalue weighted by Crippen LogP contribution is 2.35. The van der Waals surface area contributed by atoms with E-state index in [1.165, 1.54) is 0 Å². The number of nitrogens with one attached hydrogen (secondary N) is 2. The summed E-state index contributed by atoms with van der Waals surface area (Å²) in [4.78, 5) is 52.1. The molecule has 2 spiro atoms. The van der Waals surface area contributed by atoms with Gasteiger partial charge in [-0.05, 0) is 53.4 Å². The first-order chi connectivity index (χ1) is 13.9. The van der Waals surface area contributed by atoms with E-state index in [0.29, 0.717) is 25.7 Å². The van der Waals surface area contributed by atoms with Crippen molar-refractivity contribution in [2.24, 2.45) is 10.8 Å². The highest BCUT2D eigenvalue weighted by molar-refractivity contribution is 5.93. The molecule has 0 aromatic rings. The summed E-state index contributed by atoms with van der Waals surface area (Å²) in [5, 5.41) is 5.79. The lowest BCUT2D eigenvalue weighted by Crippen LogP contribution is -2.60. The Morgan fingerprint density at radius 1 is 0.600 bits per heavy atom. The second-order valence-corrected chi connectivity index (χ2v) is 10.4. The zero-order chi connectivity index (χ0) is 22.2. The molecule has 0 atom stereocenters. The third-order valence-corrected chi connectivity index (χ3v) is 6.76. The topological polar surface area (TPSA) is 111 Å². The Labute approximate surface area is 177 Å². The normalized spacial score (nSPS) is 28.4. The lowest BCUT2D eigenvalue weighted by Gasteiger charge is -2.37. The van der Waals surface area contributed by atoms with E-state index in [9.17, 15) is 19.2 Å². The van der Waals surface area contributed by atoms with Crippen LogP contribution in [0, 0.1) is 10.8 Å². The van der Waals surface area contributed by atoms with Crippen molar-refractivity contribution in [3.63, 3.8) is 0 Å². The predicted octanol–water partition coefficient (Wildman–Crippen LogP) is 2.00. The molecule has 2 saturated carbocycles. The van der Waals surface area contributed by atoms with Crippen LogP contribution < -0.4 is 10.6 Å². The Balaban J connectivity index is 1.92. The Hall–Kier alpha value is -2.12. The maximum Gasteiger partial charge on any atom is 0.331 e. The number of esters is 2. The van der Waals surface area contributed by atoms with E-state index >= 15 is 0 Å². The van der Waals surface area contributed by atoms with Gasteiger partial charge < -0.3 is 20.1 Å². The summed E-state index contributed by atoms with van der Waals surface area (Å²) >= 11 is 0. The minimum absolute atomic E-state index is 0.135. The molecular formula is C22H34N2O6. The van der Waals surface area contributed by atoms with E-state index in [1.807, 2.05) is 0 Å². The lowest BCUT2D eigenvalue weighted by molar-refractivity contribution is -0.165. The summed E-state index contributed by atoms with van der Waals surface area (Å²) in [5.74, 6) is -1.71. The molecule has 30 heavy (non-hydrogen) atoms. The molecule has 1 aliphatic heterocycles. The van der Waals surface area contributed by atoms with E-state index in [-0.39, 0.29) is 25.0 Å². The molecule has 1 saturated heterocycles. The molecular weight excluding hydrogens is 388 g/mol. The van der Waals surface area contributed by atoms with Gasteiger partial charge in [0.25, 0.3) is 0 Å². The largest absolute Gasteiger partial charge is 0.463 e. The number of cyclic esters (lactones) is 2. The maximum absolute atomic E-state index is 13.0. The van der Waals surface area contributed by atoms with Crippen molar-refractivity contribution < 1.29 is 28.7 Å². The number of ether oxygens (including phenoxy) is 2. The fourth-order valence-corrected chi connectivity index (χ4v) is 4.39. The number of hydrogen-bond donors (Lipinski definition) is 2. The van der Waals surface area contributed by atoms with Crippen LogP contribution in [-0.2, 0) is 28.7 Å². The Morgan fingerprint density at radius 3 is 1.20 bits per heavy atom. The van der Waals surface area contributed by atoms with Gasteiger partial charge in [-0.1, -0.05) is 25.7 Å². The second-order valence-electron chi connectivity index (χ2n) is 10.4. The van der Waals surface area contributed by atoms with Gasteiger partial charge in [0.1, 0.15) is 24.3 Å². The van der Waals surface area contributed by atoms with Crippen LogP contribution >= 0.6 is 0 Å².